The number of carbonyl (C=O) groups is 1. The summed E-state index contributed by atoms with van der Waals surface area (Å²) >= 11 is 6.21. The van der Waals surface area contributed by atoms with E-state index >= 15 is 0 Å². The number of ether oxygens (including phenoxy) is 1. The minimum atomic E-state index is -0.355. The van der Waals surface area contributed by atoms with Gasteiger partial charge in [0.05, 0.1) is 29.1 Å². The van der Waals surface area contributed by atoms with E-state index in [1.165, 1.54) is 7.11 Å². The van der Waals surface area contributed by atoms with Gasteiger partial charge in [-0.25, -0.2) is 4.79 Å². The Morgan fingerprint density at radius 2 is 1.95 bits per heavy atom. The molecule has 0 aliphatic heterocycles. The number of esters is 1. The van der Waals surface area contributed by atoms with Gasteiger partial charge < -0.3 is 4.74 Å². The highest BCUT2D eigenvalue weighted by Crippen LogP contribution is 2.32. The lowest BCUT2D eigenvalue weighted by Crippen LogP contribution is -2.05. The normalized spacial score (nSPS) is 10.6. The number of carbonyl (C=O) groups excluding carboxylic acids is 1. The van der Waals surface area contributed by atoms with Crippen LogP contribution in [0, 0.1) is 20.8 Å². The van der Waals surface area contributed by atoms with Gasteiger partial charge in [0.2, 0.25) is 0 Å². The van der Waals surface area contributed by atoms with Gasteiger partial charge in [-0.05, 0) is 38.0 Å². The van der Waals surface area contributed by atoms with E-state index in [4.69, 9.17) is 16.3 Å². The van der Waals surface area contributed by atoms with Gasteiger partial charge in [-0.1, -0.05) is 17.7 Å². The molecule has 19 heavy (non-hydrogen) atoms. The highest BCUT2D eigenvalue weighted by Gasteiger charge is 2.17. The minimum Gasteiger partial charge on any atom is -0.465 e. The van der Waals surface area contributed by atoms with Gasteiger partial charge in [-0.3, -0.25) is 5.10 Å². The average Bonchev–Trinajstić information content (AvgIpc) is 2.70. The molecule has 2 aromatic rings. The molecule has 0 saturated heterocycles. The van der Waals surface area contributed by atoms with Crippen molar-refractivity contribution in [2.24, 2.45) is 0 Å². The fourth-order valence-corrected chi connectivity index (χ4v) is 2.24. The summed E-state index contributed by atoms with van der Waals surface area (Å²) in [7, 11) is 1.37. The molecule has 4 nitrogen and oxygen atoms in total. The van der Waals surface area contributed by atoms with E-state index < -0.39 is 0 Å². The Balaban J connectivity index is 2.64. The van der Waals surface area contributed by atoms with E-state index in [9.17, 15) is 4.79 Å². The monoisotopic (exact) mass is 278 g/mol. The molecule has 0 fully saturated rings. The first kappa shape index (κ1) is 13.6. The maximum atomic E-state index is 11.7. The molecule has 0 spiro atoms. The number of benzene rings is 1. The molecule has 100 valence electrons. The fourth-order valence-electron chi connectivity index (χ4n) is 2.05. The number of halogens is 1. The lowest BCUT2D eigenvalue weighted by atomic mass is 9.98. The molecule has 0 radical (unpaired) electrons. The standard InChI is InChI=1S/C14H15ClN2O2/c1-7-5-8(2)11(14(18)19-4)6-10(7)13-12(15)9(3)16-17-13/h5-6H,1-4H3,(H,16,17). The number of nitrogens with zero attached hydrogens (tertiary/aromatic N) is 1. The van der Waals surface area contributed by atoms with Crippen LogP contribution in [0.15, 0.2) is 12.1 Å². The van der Waals surface area contributed by atoms with Crippen LogP contribution in [0.25, 0.3) is 11.3 Å². The van der Waals surface area contributed by atoms with Gasteiger partial charge in [-0.2, -0.15) is 5.10 Å². The van der Waals surface area contributed by atoms with E-state index in [-0.39, 0.29) is 5.97 Å². The van der Waals surface area contributed by atoms with E-state index in [0.717, 1.165) is 28.1 Å². The van der Waals surface area contributed by atoms with E-state index in [2.05, 4.69) is 10.2 Å². The van der Waals surface area contributed by atoms with E-state index in [0.29, 0.717) is 10.6 Å². The fraction of sp³-hybridized carbons (Fsp3) is 0.286. The van der Waals surface area contributed by atoms with Crippen LogP contribution in [-0.2, 0) is 4.74 Å². The predicted octanol–water partition coefficient (Wildman–Crippen LogP) is 3.44. The van der Waals surface area contributed by atoms with Crippen molar-refractivity contribution in [1.82, 2.24) is 10.2 Å². The van der Waals surface area contributed by atoms with Crippen LogP contribution >= 0.6 is 11.6 Å². The summed E-state index contributed by atoms with van der Waals surface area (Å²) in [5.41, 5.74) is 4.75. The van der Waals surface area contributed by atoms with Crippen LogP contribution < -0.4 is 0 Å². The predicted molar refractivity (Wildman–Crippen MR) is 74.6 cm³/mol. The summed E-state index contributed by atoms with van der Waals surface area (Å²) < 4.78 is 4.79. The van der Waals surface area contributed by atoms with Crippen molar-refractivity contribution in [3.05, 3.63) is 39.5 Å². The molecule has 1 aromatic heterocycles. The van der Waals surface area contributed by atoms with Gasteiger partial charge >= 0.3 is 5.97 Å². The maximum Gasteiger partial charge on any atom is 0.338 e. The quantitative estimate of drug-likeness (QED) is 0.856. The first-order valence-corrected chi connectivity index (χ1v) is 6.24. The Kier molecular flexibility index (Phi) is 3.62. The van der Waals surface area contributed by atoms with Crippen LogP contribution in [0.1, 0.15) is 27.2 Å². The van der Waals surface area contributed by atoms with Crippen molar-refractivity contribution in [2.75, 3.05) is 7.11 Å². The zero-order chi connectivity index (χ0) is 14.2. The topological polar surface area (TPSA) is 55.0 Å². The van der Waals surface area contributed by atoms with Gasteiger partial charge in [0.1, 0.15) is 0 Å². The third-order valence-corrected chi connectivity index (χ3v) is 3.58. The van der Waals surface area contributed by atoms with Crippen LogP contribution in [0.4, 0.5) is 0 Å². The second-order valence-electron chi connectivity index (χ2n) is 4.47. The lowest BCUT2D eigenvalue weighted by Gasteiger charge is -2.10. The van der Waals surface area contributed by atoms with Gasteiger partial charge in [-0.15, -0.1) is 0 Å². The van der Waals surface area contributed by atoms with Crippen molar-refractivity contribution in [3.8, 4) is 11.3 Å². The van der Waals surface area contributed by atoms with Crippen LogP contribution in [0.3, 0.4) is 0 Å². The number of aromatic amines is 1. The molecule has 0 saturated carbocycles. The number of hydrogen-bond donors (Lipinski definition) is 1. The summed E-state index contributed by atoms with van der Waals surface area (Å²) in [6.07, 6.45) is 0. The Labute approximate surface area is 116 Å². The third kappa shape index (κ3) is 2.36. The molecule has 5 heteroatoms. The molecule has 0 atom stereocenters. The van der Waals surface area contributed by atoms with Crippen LogP contribution in [0.2, 0.25) is 5.02 Å². The molecule has 1 heterocycles. The summed E-state index contributed by atoms with van der Waals surface area (Å²) in [6, 6.07) is 3.73. The second kappa shape index (κ2) is 5.05. The number of hydrogen-bond acceptors (Lipinski definition) is 3. The van der Waals surface area contributed by atoms with Gasteiger partial charge in [0.15, 0.2) is 0 Å². The number of aryl methyl sites for hydroxylation is 3. The molecule has 0 unspecified atom stereocenters. The summed E-state index contributed by atoms with van der Waals surface area (Å²) in [4.78, 5) is 11.7. The molecule has 1 N–H and O–H groups in total. The Morgan fingerprint density at radius 3 is 2.47 bits per heavy atom. The number of aromatic nitrogens is 2. The molecule has 0 aliphatic carbocycles. The minimum absolute atomic E-state index is 0.355. The number of methoxy groups -OCH3 is 1. The summed E-state index contributed by atoms with van der Waals surface area (Å²) in [5.74, 6) is -0.355. The Morgan fingerprint density at radius 1 is 1.26 bits per heavy atom. The molecular formula is C14H15ClN2O2. The zero-order valence-corrected chi connectivity index (χ0v) is 12.1. The molecule has 0 bridgehead atoms. The van der Waals surface area contributed by atoms with E-state index in [1.807, 2.05) is 26.8 Å². The summed E-state index contributed by atoms with van der Waals surface area (Å²) in [5, 5.41) is 7.55. The van der Waals surface area contributed by atoms with Crippen molar-refractivity contribution in [3.63, 3.8) is 0 Å². The summed E-state index contributed by atoms with van der Waals surface area (Å²) in [6.45, 7) is 5.67. The van der Waals surface area contributed by atoms with Crippen LogP contribution in [-0.4, -0.2) is 23.3 Å². The third-order valence-electron chi connectivity index (χ3n) is 3.12. The van der Waals surface area contributed by atoms with Crippen molar-refractivity contribution >= 4 is 17.6 Å². The van der Waals surface area contributed by atoms with Crippen molar-refractivity contribution in [1.29, 1.82) is 0 Å². The average molecular weight is 279 g/mol. The Hall–Kier alpha value is -1.81. The SMILES string of the molecule is COC(=O)c1cc(-c2[nH]nc(C)c2Cl)c(C)cc1C. The maximum absolute atomic E-state index is 11.7. The Bertz CT molecular complexity index is 647. The van der Waals surface area contributed by atoms with E-state index in [1.54, 1.807) is 6.07 Å². The van der Waals surface area contributed by atoms with Crippen molar-refractivity contribution < 1.29 is 9.53 Å². The lowest BCUT2D eigenvalue weighted by molar-refractivity contribution is 0.0600. The number of nitrogens with one attached hydrogen (secondary N) is 1. The highest BCUT2D eigenvalue weighted by atomic mass is 35.5. The molecule has 0 amide bonds. The number of H-pyrrole nitrogens is 1. The first-order valence-electron chi connectivity index (χ1n) is 5.86. The van der Waals surface area contributed by atoms with Gasteiger partial charge in [0, 0.05) is 5.56 Å². The van der Waals surface area contributed by atoms with Crippen LogP contribution in [0.5, 0.6) is 0 Å². The smallest absolute Gasteiger partial charge is 0.338 e. The zero-order valence-electron chi connectivity index (χ0n) is 11.3. The highest BCUT2D eigenvalue weighted by molar-refractivity contribution is 6.33. The van der Waals surface area contributed by atoms with Gasteiger partial charge in [0.25, 0.3) is 0 Å². The molecule has 0 aliphatic rings. The molecule has 1 aromatic carbocycles. The number of rotatable bonds is 2. The first-order chi connectivity index (χ1) is 8.95. The molecular weight excluding hydrogens is 264 g/mol. The molecule has 2 rings (SSSR count). The second-order valence-corrected chi connectivity index (χ2v) is 4.85. The van der Waals surface area contributed by atoms with Crippen molar-refractivity contribution in [2.45, 2.75) is 20.8 Å². The largest absolute Gasteiger partial charge is 0.465 e.